The van der Waals surface area contributed by atoms with Gasteiger partial charge in [-0.05, 0) is 35.9 Å². The van der Waals surface area contributed by atoms with Crippen molar-refractivity contribution in [2.24, 2.45) is 5.10 Å². The van der Waals surface area contributed by atoms with Crippen molar-refractivity contribution in [3.63, 3.8) is 0 Å². The van der Waals surface area contributed by atoms with Gasteiger partial charge in [-0.25, -0.2) is 8.78 Å². The van der Waals surface area contributed by atoms with E-state index in [9.17, 15) is 8.78 Å². The summed E-state index contributed by atoms with van der Waals surface area (Å²) >= 11 is 0. The van der Waals surface area contributed by atoms with Gasteiger partial charge >= 0.3 is 0 Å². The third-order valence-corrected chi connectivity index (χ3v) is 2.96. The van der Waals surface area contributed by atoms with Crippen LogP contribution in [0.5, 0.6) is 0 Å². The zero-order chi connectivity index (χ0) is 14.7. The first-order valence-corrected chi connectivity index (χ1v) is 6.31. The SMILES string of the molecule is Fc1ccc(N/N=C\c2ccc3ncccc3c2)c(F)c1. The van der Waals surface area contributed by atoms with Crippen molar-refractivity contribution < 1.29 is 8.78 Å². The number of fused-ring (bicyclic) bond motifs is 1. The molecule has 0 bridgehead atoms. The number of hydrogen-bond donors (Lipinski definition) is 1. The number of aromatic nitrogens is 1. The quantitative estimate of drug-likeness (QED) is 0.583. The molecular weight excluding hydrogens is 272 g/mol. The molecule has 1 N–H and O–H groups in total. The van der Waals surface area contributed by atoms with Gasteiger partial charge in [0.1, 0.15) is 5.82 Å². The number of benzene rings is 2. The monoisotopic (exact) mass is 283 g/mol. The largest absolute Gasteiger partial charge is 0.276 e. The van der Waals surface area contributed by atoms with Gasteiger partial charge in [-0.15, -0.1) is 0 Å². The van der Waals surface area contributed by atoms with E-state index in [1.165, 1.54) is 12.1 Å². The summed E-state index contributed by atoms with van der Waals surface area (Å²) in [6.45, 7) is 0. The summed E-state index contributed by atoms with van der Waals surface area (Å²) in [5.41, 5.74) is 4.42. The van der Waals surface area contributed by atoms with E-state index in [0.29, 0.717) is 0 Å². The van der Waals surface area contributed by atoms with Crippen molar-refractivity contribution in [3.05, 3.63) is 71.9 Å². The second-order valence-electron chi connectivity index (χ2n) is 4.45. The van der Waals surface area contributed by atoms with Crippen LogP contribution >= 0.6 is 0 Å². The van der Waals surface area contributed by atoms with Crippen molar-refractivity contribution in [2.75, 3.05) is 5.43 Å². The van der Waals surface area contributed by atoms with E-state index in [1.807, 2.05) is 30.3 Å². The third-order valence-electron chi connectivity index (χ3n) is 2.96. The van der Waals surface area contributed by atoms with Crippen molar-refractivity contribution in [3.8, 4) is 0 Å². The Morgan fingerprint density at radius 3 is 2.81 bits per heavy atom. The predicted molar refractivity (Wildman–Crippen MR) is 79.3 cm³/mol. The van der Waals surface area contributed by atoms with Crippen LogP contribution in [0.3, 0.4) is 0 Å². The van der Waals surface area contributed by atoms with Crippen molar-refractivity contribution in [1.82, 2.24) is 4.98 Å². The minimum atomic E-state index is -0.685. The number of nitrogens with one attached hydrogen (secondary N) is 1. The summed E-state index contributed by atoms with van der Waals surface area (Å²) in [6, 6.07) is 12.8. The molecule has 0 aliphatic carbocycles. The molecule has 3 rings (SSSR count). The summed E-state index contributed by atoms with van der Waals surface area (Å²) in [4.78, 5) is 4.22. The maximum Gasteiger partial charge on any atom is 0.151 e. The summed E-state index contributed by atoms with van der Waals surface area (Å²) in [6.07, 6.45) is 3.30. The van der Waals surface area contributed by atoms with Gasteiger partial charge in [-0.3, -0.25) is 10.4 Å². The highest BCUT2D eigenvalue weighted by Crippen LogP contribution is 2.15. The molecular formula is C16H11F2N3. The number of pyridine rings is 1. The van der Waals surface area contributed by atoms with Crippen LogP contribution < -0.4 is 5.43 Å². The van der Waals surface area contributed by atoms with E-state index in [0.717, 1.165) is 22.5 Å². The summed E-state index contributed by atoms with van der Waals surface area (Å²) < 4.78 is 26.2. The molecule has 5 heteroatoms. The van der Waals surface area contributed by atoms with E-state index in [1.54, 1.807) is 12.4 Å². The second-order valence-corrected chi connectivity index (χ2v) is 4.45. The summed E-state index contributed by atoms with van der Waals surface area (Å²) in [5, 5.41) is 4.95. The molecule has 0 spiro atoms. The molecule has 0 saturated heterocycles. The highest BCUT2D eigenvalue weighted by atomic mass is 19.1. The van der Waals surface area contributed by atoms with E-state index in [4.69, 9.17) is 0 Å². The van der Waals surface area contributed by atoms with Crippen molar-refractivity contribution in [1.29, 1.82) is 0 Å². The molecule has 0 atom stereocenters. The molecule has 0 fully saturated rings. The molecule has 1 heterocycles. The zero-order valence-electron chi connectivity index (χ0n) is 10.9. The number of hydrogen-bond acceptors (Lipinski definition) is 3. The number of hydrazone groups is 1. The first-order chi connectivity index (χ1) is 10.2. The Hall–Kier alpha value is -2.82. The lowest BCUT2D eigenvalue weighted by molar-refractivity contribution is 0.585. The van der Waals surface area contributed by atoms with E-state index < -0.39 is 11.6 Å². The average molecular weight is 283 g/mol. The van der Waals surface area contributed by atoms with Crippen molar-refractivity contribution in [2.45, 2.75) is 0 Å². The van der Waals surface area contributed by atoms with Crippen LogP contribution in [-0.4, -0.2) is 11.2 Å². The predicted octanol–water partition coefficient (Wildman–Crippen LogP) is 3.96. The number of rotatable bonds is 3. The van der Waals surface area contributed by atoms with Gasteiger partial charge in [0.25, 0.3) is 0 Å². The lowest BCUT2D eigenvalue weighted by Crippen LogP contribution is -1.94. The van der Waals surface area contributed by atoms with Crippen LogP contribution in [0.15, 0.2) is 59.8 Å². The van der Waals surface area contributed by atoms with Crippen LogP contribution in [0.2, 0.25) is 0 Å². The topological polar surface area (TPSA) is 37.3 Å². The lowest BCUT2D eigenvalue weighted by atomic mass is 10.1. The molecule has 0 aliphatic heterocycles. The van der Waals surface area contributed by atoms with E-state index in [2.05, 4.69) is 15.5 Å². The fourth-order valence-electron chi connectivity index (χ4n) is 1.93. The number of halogens is 2. The minimum absolute atomic E-state index is 0.120. The Morgan fingerprint density at radius 2 is 1.95 bits per heavy atom. The highest BCUT2D eigenvalue weighted by Gasteiger charge is 2.01. The fraction of sp³-hybridized carbons (Fsp3) is 0. The van der Waals surface area contributed by atoms with Crippen LogP contribution in [0.1, 0.15) is 5.56 Å². The molecule has 21 heavy (non-hydrogen) atoms. The average Bonchev–Trinajstić information content (AvgIpc) is 2.49. The van der Waals surface area contributed by atoms with Gasteiger partial charge in [0, 0.05) is 17.6 Å². The normalized spacial score (nSPS) is 11.1. The second kappa shape index (κ2) is 5.66. The molecule has 0 unspecified atom stereocenters. The molecule has 3 nitrogen and oxygen atoms in total. The van der Waals surface area contributed by atoms with Crippen LogP contribution in [0.25, 0.3) is 10.9 Å². The van der Waals surface area contributed by atoms with Gasteiger partial charge in [0.15, 0.2) is 5.82 Å². The molecule has 2 aromatic carbocycles. The molecule has 0 aliphatic rings. The molecule has 0 amide bonds. The van der Waals surface area contributed by atoms with Gasteiger partial charge in [-0.1, -0.05) is 12.1 Å². The van der Waals surface area contributed by atoms with Gasteiger partial charge in [0.05, 0.1) is 17.4 Å². The molecule has 1 aromatic heterocycles. The first kappa shape index (κ1) is 13.2. The van der Waals surface area contributed by atoms with Crippen LogP contribution in [0.4, 0.5) is 14.5 Å². The molecule has 0 radical (unpaired) electrons. The number of anilines is 1. The fourth-order valence-corrected chi connectivity index (χ4v) is 1.93. The first-order valence-electron chi connectivity index (χ1n) is 6.31. The highest BCUT2D eigenvalue weighted by molar-refractivity contribution is 5.88. The third kappa shape index (κ3) is 3.02. The standard InChI is InChI=1S/C16H11F2N3/c17-13-4-6-16(14(18)9-13)21-20-10-11-3-5-15-12(8-11)2-1-7-19-15/h1-10,21H/b20-10-. The Bertz CT molecular complexity index is 815. The smallest absolute Gasteiger partial charge is 0.151 e. The Labute approximate surface area is 120 Å². The van der Waals surface area contributed by atoms with E-state index >= 15 is 0 Å². The molecule has 3 aromatic rings. The van der Waals surface area contributed by atoms with Crippen molar-refractivity contribution >= 4 is 22.8 Å². The molecule has 104 valence electrons. The Balaban J connectivity index is 1.78. The Kier molecular flexibility index (Phi) is 3.55. The van der Waals surface area contributed by atoms with Crippen LogP contribution in [-0.2, 0) is 0 Å². The van der Waals surface area contributed by atoms with E-state index in [-0.39, 0.29) is 5.69 Å². The zero-order valence-corrected chi connectivity index (χ0v) is 10.9. The number of nitrogens with zero attached hydrogens (tertiary/aromatic N) is 2. The molecule has 0 saturated carbocycles. The summed E-state index contributed by atoms with van der Waals surface area (Å²) in [5.74, 6) is -1.31. The van der Waals surface area contributed by atoms with Crippen LogP contribution in [0, 0.1) is 11.6 Å². The summed E-state index contributed by atoms with van der Waals surface area (Å²) in [7, 11) is 0. The van der Waals surface area contributed by atoms with Gasteiger partial charge in [-0.2, -0.15) is 5.10 Å². The maximum absolute atomic E-state index is 13.4. The lowest BCUT2D eigenvalue weighted by Gasteiger charge is -2.02. The van der Waals surface area contributed by atoms with Gasteiger partial charge < -0.3 is 0 Å². The maximum atomic E-state index is 13.4. The Morgan fingerprint density at radius 1 is 1.05 bits per heavy atom. The minimum Gasteiger partial charge on any atom is -0.276 e. The van der Waals surface area contributed by atoms with Gasteiger partial charge in [0.2, 0.25) is 0 Å².